The van der Waals surface area contributed by atoms with E-state index in [0.717, 1.165) is 7.11 Å². The second kappa shape index (κ2) is 12.5. The maximum atomic E-state index is 11.4. The van der Waals surface area contributed by atoms with E-state index in [1.807, 2.05) is 0 Å². The number of carboxylic acid groups (broad SMARTS) is 2. The highest BCUT2D eigenvalue weighted by molar-refractivity contribution is 5.86. The molecule has 0 aliphatic heterocycles. The molecule has 0 heterocycles. The Morgan fingerprint density at radius 2 is 1.28 bits per heavy atom. The lowest BCUT2D eigenvalue weighted by Gasteiger charge is -2.23. The smallest absolute Gasteiger partial charge is 0.408 e. The maximum Gasteiger partial charge on any atom is 0.408 e. The first-order valence-electron chi connectivity index (χ1n) is 8.45. The summed E-state index contributed by atoms with van der Waals surface area (Å²) in [6, 6.07) is -2.59. The van der Waals surface area contributed by atoms with Gasteiger partial charge >= 0.3 is 30.0 Å². The Balaban J connectivity index is 0. The van der Waals surface area contributed by atoms with Crippen LogP contribution >= 0.6 is 0 Å². The van der Waals surface area contributed by atoms with Crippen LogP contribution in [0.2, 0.25) is 0 Å². The van der Waals surface area contributed by atoms with Gasteiger partial charge in [-0.15, -0.1) is 0 Å². The average molecular weight is 422 g/mol. The molecule has 0 fully saturated rings. The third kappa shape index (κ3) is 11.5. The quantitative estimate of drug-likeness (QED) is 0.318. The fourth-order valence-corrected chi connectivity index (χ4v) is 1.70. The van der Waals surface area contributed by atoms with Gasteiger partial charge in [0.15, 0.2) is 0 Å². The highest BCUT2D eigenvalue weighted by Gasteiger charge is 2.33. The lowest BCUT2D eigenvalue weighted by atomic mass is 10.0. The zero-order chi connectivity index (χ0) is 23.5. The van der Waals surface area contributed by atoms with Crippen LogP contribution in [-0.4, -0.2) is 72.1 Å². The summed E-state index contributed by atoms with van der Waals surface area (Å²) in [6.07, 6.45) is -0.898. The molecule has 0 aromatic rings. The molecule has 0 radical (unpaired) electrons. The van der Waals surface area contributed by atoms with Gasteiger partial charge in [-0.2, -0.15) is 0 Å². The minimum atomic E-state index is -1.40. The molecule has 2 unspecified atom stereocenters. The number of hydrogen-bond donors (Lipinski definition) is 4. The number of hydrogen-bond acceptors (Lipinski definition) is 9. The summed E-state index contributed by atoms with van der Waals surface area (Å²) < 4.78 is 13.6. The number of carboxylic acids is 2. The van der Waals surface area contributed by atoms with Crippen molar-refractivity contribution in [1.29, 1.82) is 0 Å². The number of alkyl carbamates (subject to hydrolysis) is 1. The molecule has 29 heavy (non-hydrogen) atoms. The van der Waals surface area contributed by atoms with Gasteiger partial charge in [0.25, 0.3) is 0 Å². The molecular formula is C17H30N2O10. The number of nitrogens with one attached hydrogen (secondary N) is 1. The third-order valence-electron chi connectivity index (χ3n) is 3.41. The van der Waals surface area contributed by atoms with Gasteiger partial charge in [-0.1, -0.05) is 0 Å². The van der Waals surface area contributed by atoms with Gasteiger partial charge in [0.1, 0.15) is 17.7 Å². The Morgan fingerprint density at radius 3 is 1.59 bits per heavy atom. The Hall–Kier alpha value is -2.89. The summed E-state index contributed by atoms with van der Waals surface area (Å²) in [5.41, 5.74) is 4.39. The fraction of sp³-hybridized carbons (Fsp3) is 0.706. The third-order valence-corrected chi connectivity index (χ3v) is 3.41. The Kier molecular flexibility index (Phi) is 12.3. The molecule has 168 valence electrons. The summed E-state index contributed by atoms with van der Waals surface area (Å²) in [5.74, 6) is -5.70. The second-order valence-electron chi connectivity index (χ2n) is 6.95. The van der Waals surface area contributed by atoms with Crippen molar-refractivity contribution in [2.75, 3.05) is 14.2 Å². The summed E-state index contributed by atoms with van der Waals surface area (Å²) >= 11 is 0. The van der Waals surface area contributed by atoms with Crippen LogP contribution in [0.15, 0.2) is 0 Å². The molecule has 0 saturated carbocycles. The average Bonchev–Trinajstić information content (AvgIpc) is 2.61. The Morgan fingerprint density at radius 1 is 0.862 bits per heavy atom. The highest BCUT2D eigenvalue weighted by Crippen LogP contribution is 2.10. The van der Waals surface area contributed by atoms with E-state index in [1.165, 1.54) is 21.0 Å². The summed E-state index contributed by atoms with van der Waals surface area (Å²) in [6.45, 7) is 7.69. The summed E-state index contributed by atoms with van der Waals surface area (Å²) in [5, 5.41) is 19.4. The first-order valence-corrected chi connectivity index (χ1v) is 8.45. The van der Waals surface area contributed by atoms with Crippen LogP contribution < -0.4 is 11.1 Å². The van der Waals surface area contributed by atoms with Crippen LogP contribution in [0.25, 0.3) is 0 Å². The van der Waals surface area contributed by atoms with E-state index < -0.39 is 59.5 Å². The summed E-state index contributed by atoms with van der Waals surface area (Å²) in [4.78, 5) is 54.6. The number of nitrogens with two attached hydrogens (primary N) is 1. The topological polar surface area (TPSA) is 192 Å². The predicted molar refractivity (Wildman–Crippen MR) is 98.8 cm³/mol. The first kappa shape index (κ1) is 28.3. The standard InChI is InChI=1S/C11H19NO6.C6H11NO4/c1-6(9(15)17-5)7(8(13)14)12-10(16)18-11(2,3)4;1-3(6(10)11-2)4(7)5(8)9/h6-7H,1-5H3,(H,12,16)(H,13,14);3-4H,7H2,1-2H3,(H,8,9)/t6?,7-;3?,4-/m00/s1. The monoisotopic (exact) mass is 422 g/mol. The second-order valence-corrected chi connectivity index (χ2v) is 6.95. The predicted octanol–water partition coefficient (Wildman–Crippen LogP) is -0.0192. The summed E-state index contributed by atoms with van der Waals surface area (Å²) in [7, 11) is 2.33. The van der Waals surface area contributed by atoms with Gasteiger partial charge in [0, 0.05) is 0 Å². The number of carbonyl (C=O) groups excluding carboxylic acids is 3. The molecule has 12 nitrogen and oxygen atoms in total. The number of aliphatic carboxylic acids is 2. The number of carbonyl (C=O) groups is 5. The lowest BCUT2D eigenvalue weighted by molar-refractivity contribution is -0.152. The van der Waals surface area contributed by atoms with Gasteiger partial charge in [-0.05, 0) is 34.6 Å². The number of rotatable bonds is 7. The normalized spacial score (nSPS) is 14.6. The van der Waals surface area contributed by atoms with Crippen LogP contribution in [0.3, 0.4) is 0 Å². The van der Waals surface area contributed by atoms with Gasteiger partial charge in [0.2, 0.25) is 0 Å². The number of methoxy groups -OCH3 is 2. The number of amides is 1. The van der Waals surface area contributed by atoms with Gasteiger partial charge in [-0.25, -0.2) is 9.59 Å². The molecule has 0 bridgehead atoms. The zero-order valence-corrected chi connectivity index (χ0v) is 17.5. The van der Waals surface area contributed by atoms with E-state index in [0.29, 0.717) is 0 Å². The zero-order valence-electron chi connectivity index (χ0n) is 17.5. The van der Waals surface area contributed by atoms with Crippen LogP contribution in [0, 0.1) is 11.8 Å². The van der Waals surface area contributed by atoms with Crippen molar-refractivity contribution in [2.24, 2.45) is 17.6 Å². The molecule has 0 aromatic carbocycles. The van der Waals surface area contributed by atoms with Crippen molar-refractivity contribution in [3.8, 4) is 0 Å². The minimum Gasteiger partial charge on any atom is -0.480 e. The van der Waals surface area contributed by atoms with Crippen molar-refractivity contribution < 1.29 is 48.4 Å². The van der Waals surface area contributed by atoms with E-state index in [4.69, 9.17) is 20.7 Å². The highest BCUT2D eigenvalue weighted by atomic mass is 16.6. The van der Waals surface area contributed by atoms with E-state index in [9.17, 15) is 24.0 Å². The molecule has 0 aliphatic rings. The first-order chi connectivity index (χ1) is 13.1. The van der Waals surface area contributed by atoms with E-state index in [1.54, 1.807) is 20.8 Å². The van der Waals surface area contributed by atoms with E-state index in [2.05, 4.69) is 14.8 Å². The lowest BCUT2D eigenvalue weighted by Crippen LogP contribution is -2.49. The van der Waals surface area contributed by atoms with E-state index >= 15 is 0 Å². The van der Waals surface area contributed by atoms with Crippen molar-refractivity contribution in [3.63, 3.8) is 0 Å². The van der Waals surface area contributed by atoms with Crippen molar-refractivity contribution in [3.05, 3.63) is 0 Å². The van der Waals surface area contributed by atoms with Crippen molar-refractivity contribution in [1.82, 2.24) is 5.32 Å². The number of esters is 2. The molecule has 4 atom stereocenters. The van der Waals surface area contributed by atoms with Gasteiger partial charge < -0.3 is 35.5 Å². The molecule has 0 spiro atoms. The van der Waals surface area contributed by atoms with Crippen LogP contribution in [0.1, 0.15) is 34.6 Å². The molecule has 0 saturated heterocycles. The number of ether oxygens (including phenoxy) is 3. The fourth-order valence-electron chi connectivity index (χ4n) is 1.70. The minimum absolute atomic E-state index is 0.611. The van der Waals surface area contributed by atoms with Crippen molar-refractivity contribution in [2.45, 2.75) is 52.3 Å². The molecule has 12 heteroatoms. The van der Waals surface area contributed by atoms with Crippen LogP contribution in [-0.2, 0) is 33.4 Å². The van der Waals surface area contributed by atoms with Gasteiger partial charge in [-0.3, -0.25) is 14.4 Å². The molecule has 0 rings (SSSR count). The Bertz CT molecular complexity index is 600. The Labute approximate surface area is 168 Å². The maximum absolute atomic E-state index is 11.4. The SMILES string of the molecule is COC(=O)C(C)[C@H](N)C(=O)O.COC(=O)C(C)[C@H](NC(=O)OC(C)(C)C)C(=O)O. The van der Waals surface area contributed by atoms with E-state index in [-0.39, 0.29) is 0 Å². The van der Waals surface area contributed by atoms with Gasteiger partial charge in [0.05, 0.1) is 26.1 Å². The van der Waals surface area contributed by atoms with Crippen molar-refractivity contribution >= 4 is 30.0 Å². The largest absolute Gasteiger partial charge is 0.480 e. The molecular weight excluding hydrogens is 392 g/mol. The molecule has 5 N–H and O–H groups in total. The van der Waals surface area contributed by atoms with Crippen LogP contribution in [0.4, 0.5) is 4.79 Å². The molecule has 1 amide bonds. The van der Waals surface area contributed by atoms with Crippen LogP contribution in [0.5, 0.6) is 0 Å². The molecule has 0 aromatic heterocycles. The molecule has 0 aliphatic carbocycles.